The summed E-state index contributed by atoms with van der Waals surface area (Å²) in [5, 5.41) is 8.46. The Morgan fingerprint density at radius 2 is 1.30 bits per heavy atom. The van der Waals surface area contributed by atoms with Gasteiger partial charge in [0, 0.05) is 20.0 Å². The van der Waals surface area contributed by atoms with E-state index in [-0.39, 0.29) is 25.4 Å². The van der Waals surface area contributed by atoms with E-state index >= 15 is 0 Å². The molecule has 0 aromatic heterocycles. The predicted molar refractivity (Wildman–Crippen MR) is 98.1 cm³/mol. The Kier molecular flexibility index (Phi) is 16.0. The van der Waals surface area contributed by atoms with Crippen LogP contribution in [-0.4, -0.2) is 56.6 Å². The standard InChI is InChI=1S/C19H32O8/c1-16(8-5-7-13-26-19(23)11-10-17(20)21)25-12-6-3-4-9-18(22)27-15-14-24-2/h1,3-15H2,2H3,(H,20,21). The molecule has 0 aromatic rings. The SMILES string of the molecule is C=C(CCCCOC(=O)CCC(=O)O)OCCCCCC(=O)OCCOC. The fourth-order valence-corrected chi connectivity index (χ4v) is 2.04. The van der Waals surface area contributed by atoms with Gasteiger partial charge in [-0.2, -0.15) is 0 Å². The Morgan fingerprint density at radius 1 is 0.704 bits per heavy atom. The molecule has 0 atom stereocenters. The lowest BCUT2D eigenvalue weighted by Crippen LogP contribution is -2.09. The van der Waals surface area contributed by atoms with Gasteiger partial charge in [-0.15, -0.1) is 0 Å². The first-order valence-electron chi connectivity index (χ1n) is 9.28. The highest BCUT2D eigenvalue weighted by atomic mass is 16.6. The van der Waals surface area contributed by atoms with Crippen molar-refractivity contribution in [2.45, 2.75) is 57.8 Å². The van der Waals surface area contributed by atoms with Gasteiger partial charge in [-0.3, -0.25) is 14.4 Å². The van der Waals surface area contributed by atoms with Crippen LogP contribution in [0.2, 0.25) is 0 Å². The molecule has 0 radical (unpaired) electrons. The van der Waals surface area contributed by atoms with Crippen LogP contribution in [0.3, 0.4) is 0 Å². The number of unbranched alkanes of at least 4 members (excludes halogenated alkanes) is 3. The van der Waals surface area contributed by atoms with Crippen molar-refractivity contribution in [3.05, 3.63) is 12.3 Å². The summed E-state index contributed by atoms with van der Waals surface area (Å²) in [6, 6.07) is 0. The zero-order chi connectivity index (χ0) is 20.3. The molecule has 1 N–H and O–H groups in total. The number of carboxylic acid groups (broad SMARTS) is 1. The van der Waals surface area contributed by atoms with E-state index in [1.807, 2.05) is 0 Å². The minimum absolute atomic E-state index is 0.101. The summed E-state index contributed by atoms with van der Waals surface area (Å²) >= 11 is 0. The predicted octanol–water partition coefficient (Wildman–Crippen LogP) is 2.85. The van der Waals surface area contributed by atoms with E-state index in [1.54, 1.807) is 7.11 Å². The number of aliphatic carboxylic acids is 1. The molecule has 0 saturated heterocycles. The number of carbonyl (C=O) groups excluding carboxylic acids is 2. The van der Waals surface area contributed by atoms with E-state index < -0.39 is 11.9 Å². The number of rotatable bonds is 18. The lowest BCUT2D eigenvalue weighted by molar-refractivity contribution is -0.147. The first-order valence-corrected chi connectivity index (χ1v) is 9.28. The number of methoxy groups -OCH3 is 1. The number of allylic oxidation sites excluding steroid dienone is 1. The van der Waals surface area contributed by atoms with Gasteiger partial charge in [0.25, 0.3) is 0 Å². The van der Waals surface area contributed by atoms with E-state index in [1.165, 1.54) is 0 Å². The number of carboxylic acids is 1. The van der Waals surface area contributed by atoms with E-state index in [0.29, 0.717) is 44.8 Å². The van der Waals surface area contributed by atoms with Crippen LogP contribution in [0.25, 0.3) is 0 Å². The Balaban J connectivity index is 3.41. The molecule has 8 heteroatoms. The first kappa shape index (κ1) is 24.9. The van der Waals surface area contributed by atoms with Gasteiger partial charge >= 0.3 is 17.9 Å². The average molecular weight is 388 g/mol. The minimum atomic E-state index is -1.01. The van der Waals surface area contributed by atoms with E-state index in [9.17, 15) is 14.4 Å². The number of esters is 2. The molecule has 0 aliphatic carbocycles. The zero-order valence-electron chi connectivity index (χ0n) is 16.2. The second-order valence-corrected chi connectivity index (χ2v) is 5.98. The molecule has 0 aromatic carbocycles. The Hall–Kier alpha value is -2.09. The largest absolute Gasteiger partial charge is 0.499 e. The Bertz CT molecular complexity index is 447. The maximum absolute atomic E-state index is 11.4. The van der Waals surface area contributed by atoms with Crippen molar-refractivity contribution in [1.29, 1.82) is 0 Å². The van der Waals surface area contributed by atoms with Crippen molar-refractivity contribution in [2.75, 3.05) is 33.5 Å². The van der Waals surface area contributed by atoms with E-state index in [2.05, 4.69) is 6.58 Å². The van der Waals surface area contributed by atoms with Crippen LogP contribution in [0.15, 0.2) is 12.3 Å². The maximum atomic E-state index is 11.4. The molecule has 0 rings (SSSR count). The molecule has 0 saturated carbocycles. The molecular formula is C19H32O8. The molecule has 156 valence electrons. The maximum Gasteiger partial charge on any atom is 0.306 e. The van der Waals surface area contributed by atoms with Crippen LogP contribution in [0.4, 0.5) is 0 Å². The summed E-state index contributed by atoms with van der Waals surface area (Å²) in [5.41, 5.74) is 0. The third-order valence-electron chi connectivity index (χ3n) is 3.54. The fourth-order valence-electron chi connectivity index (χ4n) is 2.04. The third kappa shape index (κ3) is 18.5. The molecule has 0 heterocycles. The Morgan fingerprint density at radius 3 is 2.00 bits per heavy atom. The van der Waals surface area contributed by atoms with Gasteiger partial charge in [-0.25, -0.2) is 0 Å². The van der Waals surface area contributed by atoms with Gasteiger partial charge in [0.2, 0.25) is 0 Å². The minimum Gasteiger partial charge on any atom is -0.499 e. The lowest BCUT2D eigenvalue weighted by atomic mass is 10.2. The number of ether oxygens (including phenoxy) is 4. The monoisotopic (exact) mass is 388 g/mol. The van der Waals surface area contributed by atoms with Crippen LogP contribution in [-0.2, 0) is 33.3 Å². The van der Waals surface area contributed by atoms with Crippen LogP contribution in [0, 0.1) is 0 Å². The molecule has 0 amide bonds. The second kappa shape index (κ2) is 17.3. The summed E-state index contributed by atoms with van der Waals surface area (Å²) in [7, 11) is 1.56. The summed E-state index contributed by atoms with van der Waals surface area (Å²) < 4.78 is 20.2. The molecule has 0 aliphatic heterocycles. The highest BCUT2D eigenvalue weighted by molar-refractivity contribution is 5.76. The highest BCUT2D eigenvalue weighted by Crippen LogP contribution is 2.09. The van der Waals surface area contributed by atoms with Crippen LogP contribution in [0.5, 0.6) is 0 Å². The van der Waals surface area contributed by atoms with Crippen molar-refractivity contribution in [2.24, 2.45) is 0 Å². The normalized spacial score (nSPS) is 10.3. The zero-order valence-corrected chi connectivity index (χ0v) is 16.2. The molecule has 8 nitrogen and oxygen atoms in total. The van der Waals surface area contributed by atoms with Gasteiger partial charge < -0.3 is 24.1 Å². The van der Waals surface area contributed by atoms with Crippen molar-refractivity contribution >= 4 is 17.9 Å². The third-order valence-corrected chi connectivity index (χ3v) is 3.54. The summed E-state index contributed by atoms with van der Waals surface area (Å²) in [5.74, 6) is -1.02. The first-order chi connectivity index (χ1) is 13.0. The van der Waals surface area contributed by atoms with Crippen molar-refractivity contribution in [1.82, 2.24) is 0 Å². The molecule has 0 spiro atoms. The molecule has 0 unspecified atom stereocenters. The van der Waals surface area contributed by atoms with Crippen molar-refractivity contribution in [3.63, 3.8) is 0 Å². The van der Waals surface area contributed by atoms with Gasteiger partial charge in [0.05, 0.1) is 38.4 Å². The van der Waals surface area contributed by atoms with Gasteiger partial charge in [-0.05, 0) is 32.1 Å². The highest BCUT2D eigenvalue weighted by Gasteiger charge is 2.06. The lowest BCUT2D eigenvalue weighted by Gasteiger charge is -2.09. The number of carbonyl (C=O) groups is 3. The summed E-state index contributed by atoms with van der Waals surface area (Å²) in [6.07, 6.45) is 4.69. The van der Waals surface area contributed by atoms with Gasteiger partial charge in [-0.1, -0.05) is 6.58 Å². The Labute approximate surface area is 160 Å². The molecule has 0 bridgehead atoms. The molecule has 0 fully saturated rings. The number of hydrogen-bond acceptors (Lipinski definition) is 7. The van der Waals surface area contributed by atoms with Gasteiger partial charge in [0.1, 0.15) is 6.61 Å². The molecular weight excluding hydrogens is 356 g/mol. The number of hydrogen-bond donors (Lipinski definition) is 1. The van der Waals surface area contributed by atoms with Crippen LogP contribution >= 0.6 is 0 Å². The van der Waals surface area contributed by atoms with Crippen molar-refractivity contribution in [3.8, 4) is 0 Å². The summed E-state index contributed by atoms with van der Waals surface area (Å²) in [6.45, 7) is 5.37. The second-order valence-electron chi connectivity index (χ2n) is 5.98. The van der Waals surface area contributed by atoms with Crippen molar-refractivity contribution < 1.29 is 38.4 Å². The fraction of sp³-hybridized carbons (Fsp3) is 0.737. The van der Waals surface area contributed by atoms with Gasteiger partial charge in [0.15, 0.2) is 0 Å². The quantitative estimate of drug-likeness (QED) is 0.217. The average Bonchev–Trinajstić information content (AvgIpc) is 2.62. The van der Waals surface area contributed by atoms with Crippen LogP contribution < -0.4 is 0 Å². The smallest absolute Gasteiger partial charge is 0.306 e. The topological polar surface area (TPSA) is 108 Å². The van der Waals surface area contributed by atoms with Crippen LogP contribution in [0.1, 0.15) is 57.8 Å². The van der Waals surface area contributed by atoms with E-state index in [0.717, 1.165) is 25.7 Å². The molecule has 0 aliphatic rings. The molecule has 27 heavy (non-hydrogen) atoms. The van der Waals surface area contributed by atoms with E-state index in [4.69, 9.17) is 24.1 Å². The summed E-state index contributed by atoms with van der Waals surface area (Å²) in [4.78, 5) is 32.9.